The van der Waals surface area contributed by atoms with Crippen LogP contribution < -0.4 is 0 Å². The molecule has 0 bridgehead atoms. The molecule has 0 aliphatic carbocycles. The van der Waals surface area contributed by atoms with Crippen molar-refractivity contribution in [1.29, 1.82) is 0 Å². The van der Waals surface area contributed by atoms with Crippen molar-refractivity contribution in [2.45, 2.75) is 45.6 Å². The van der Waals surface area contributed by atoms with Crippen molar-refractivity contribution < 1.29 is 24.2 Å². The van der Waals surface area contributed by atoms with Gasteiger partial charge in [-0.1, -0.05) is 33.3 Å². The van der Waals surface area contributed by atoms with Gasteiger partial charge in [0.15, 0.2) is 6.10 Å². The Kier molecular flexibility index (Phi) is 8.92. The van der Waals surface area contributed by atoms with Gasteiger partial charge in [0.2, 0.25) is 0 Å². The molecule has 5 heteroatoms. The summed E-state index contributed by atoms with van der Waals surface area (Å²) in [6, 6.07) is 0. The van der Waals surface area contributed by atoms with Crippen LogP contribution in [0.3, 0.4) is 0 Å². The monoisotopic (exact) mass is 258 g/mol. The van der Waals surface area contributed by atoms with E-state index in [-0.39, 0.29) is 18.8 Å². The molecule has 5 nitrogen and oxygen atoms in total. The first kappa shape index (κ1) is 16.6. The van der Waals surface area contributed by atoms with Gasteiger partial charge in [-0.05, 0) is 12.8 Å². The van der Waals surface area contributed by atoms with Crippen LogP contribution in [0.25, 0.3) is 0 Å². The Bertz CT molecular complexity index is 285. The number of aliphatic hydroxyl groups is 1. The normalized spacial score (nSPS) is 11.7. The van der Waals surface area contributed by atoms with Crippen LogP contribution >= 0.6 is 0 Å². The van der Waals surface area contributed by atoms with Gasteiger partial charge >= 0.3 is 11.9 Å². The zero-order chi connectivity index (χ0) is 14.0. The lowest BCUT2D eigenvalue weighted by Crippen LogP contribution is -2.29. The second-order valence-corrected chi connectivity index (χ2v) is 3.94. The van der Waals surface area contributed by atoms with E-state index in [1.165, 1.54) is 0 Å². The molecule has 0 amide bonds. The van der Waals surface area contributed by atoms with Gasteiger partial charge in [-0.3, -0.25) is 0 Å². The Hall–Kier alpha value is -1.36. The molecular formula is C13H22O5. The predicted octanol–water partition coefficient (Wildman–Crippen LogP) is 1.59. The van der Waals surface area contributed by atoms with Crippen LogP contribution in [0.5, 0.6) is 0 Å². The first-order chi connectivity index (χ1) is 8.54. The van der Waals surface area contributed by atoms with E-state index < -0.39 is 18.0 Å². The number of hydrogen-bond acceptors (Lipinski definition) is 5. The maximum Gasteiger partial charge on any atom is 0.339 e. The lowest BCUT2D eigenvalue weighted by atomic mass is 10.2. The number of ether oxygens (including phenoxy) is 2. The molecule has 1 atom stereocenters. The molecule has 0 aliphatic heterocycles. The molecule has 0 aromatic carbocycles. The second kappa shape index (κ2) is 9.65. The van der Waals surface area contributed by atoms with Crippen LogP contribution in [0, 0.1) is 0 Å². The zero-order valence-electron chi connectivity index (χ0n) is 11.1. The molecule has 18 heavy (non-hydrogen) atoms. The highest BCUT2D eigenvalue weighted by Gasteiger charge is 2.26. The summed E-state index contributed by atoms with van der Waals surface area (Å²) in [4.78, 5) is 22.8. The van der Waals surface area contributed by atoms with Crippen LogP contribution in [0.15, 0.2) is 12.2 Å². The lowest BCUT2D eigenvalue weighted by Gasteiger charge is -2.12. The van der Waals surface area contributed by atoms with Crippen molar-refractivity contribution in [3.63, 3.8) is 0 Å². The van der Waals surface area contributed by atoms with E-state index in [9.17, 15) is 14.7 Å². The van der Waals surface area contributed by atoms with Gasteiger partial charge in [-0.2, -0.15) is 0 Å². The van der Waals surface area contributed by atoms with Gasteiger partial charge in [0.05, 0.1) is 18.8 Å². The first-order valence-electron chi connectivity index (χ1n) is 6.25. The van der Waals surface area contributed by atoms with E-state index in [2.05, 4.69) is 6.58 Å². The Balaban J connectivity index is 4.06. The number of hydrogen-bond donors (Lipinski definition) is 1. The fraction of sp³-hybridized carbons (Fsp3) is 0.692. The number of aliphatic hydroxyl groups excluding tert-OH is 1. The van der Waals surface area contributed by atoms with Crippen molar-refractivity contribution in [3.8, 4) is 0 Å². The number of unbranched alkanes of at least 4 members (excludes halogenated alkanes) is 2. The van der Waals surface area contributed by atoms with E-state index >= 15 is 0 Å². The van der Waals surface area contributed by atoms with E-state index in [0.717, 1.165) is 19.3 Å². The topological polar surface area (TPSA) is 72.8 Å². The zero-order valence-corrected chi connectivity index (χ0v) is 11.1. The van der Waals surface area contributed by atoms with Crippen LogP contribution in [0.1, 0.15) is 39.5 Å². The molecule has 0 heterocycles. The van der Waals surface area contributed by atoms with Crippen LogP contribution in [0.2, 0.25) is 0 Å². The standard InChI is InChI=1S/C13H22O5/c1-4-6-8-17-12(15)10(3)11(14)13(16)18-9-7-5-2/h11,14H,3-9H2,1-2H3. The maximum atomic E-state index is 11.4. The van der Waals surface area contributed by atoms with E-state index in [4.69, 9.17) is 9.47 Å². The van der Waals surface area contributed by atoms with Gasteiger partial charge in [0, 0.05) is 0 Å². The summed E-state index contributed by atoms with van der Waals surface area (Å²) in [5.41, 5.74) is -0.285. The summed E-state index contributed by atoms with van der Waals surface area (Å²) >= 11 is 0. The molecule has 0 fully saturated rings. The van der Waals surface area contributed by atoms with Crippen molar-refractivity contribution in [1.82, 2.24) is 0 Å². The van der Waals surface area contributed by atoms with Crippen LogP contribution in [0.4, 0.5) is 0 Å². The van der Waals surface area contributed by atoms with Crippen molar-refractivity contribution >= 4 is 11.9 Å². The van der Waals surface area contributed by atoms with Gasteiger partial charge in [-0.25, -0.2) is 9.59 Å². The minimum absolute atomic E-state index is 0.227. The molecule has 0 saturated carbocycles. The predicted molar refractivity (Wildman–Crippen MR) is 66.9 cm³/mol. The Morgan fingerprint density at radius 1 is 1.11 bits per heavy atom. The van der Waals surface area contributed by atoms with Crippen LogP contribution in [-0.4, -0.2) is 36.4 Å². The average Bonchev–Trinajstić information content (AvgIpc) is 2.37. The Morgan fingerprint density at radius 3 is 2.11 bits per heavy atom. The molecule has 0 aliphatic rings. The fourth-order valence-corrected chi connectivity index (χ4v) is 1.05. The summed E-state index contributed by atoms with van der Waals surface area (Å²) in [5.74, 6) is -1.62. The molecule has 1 unspecified atom stereocenters. The highest BCUT2D eigenvalue weighted by molar-refractivity contribution is 5.96. The summed E-state index contributed by atoms with van der Waals surface area (Å²) in [6.07, 6.45) is 1.57. The Morgan fingerprint density at radius 2 is 1.61 bits per heavy atom. The maximum absolute atomic E-state index is 11.4. The minimum atomic E-state index is -1.64. The van der Waals surface area contributed by atoms with E-state index in [1.54, 1.807) is 0 Å². The number of carbonyl (C=O) groups is 2. The quantitative estimate of drug-likeness (QED) is 0.386. The van der Waals surface area contributed by atoms with Crippen molar-refractivity contribution in [3.05, 3.63) is 12.2 Å². The van der Waals surface area contributed by atoms with E-state index in [0.29, 0.717) is 6.42 Å². The molecule has 0 spiro atoms. The number of carbonyl (C=O) groups excluding carboxylic acids is 2. The van der Waals surface area contributed by atoms with Gasteiger partial charge in [0.1, 0.15) is 0 Å². The molecule has 104 valence electrons. The molecule has 0 rings (SSSR count). The second-order valence-electron chi connectivity index (χ2n) is 3.94. The highest BCUT2D eigenvalue weighted by Crippen LogP contribution is 2.06. The highest BCUT2D eigenvalue weighted by atomic mass is 16.6. The van der Waals surface area contributed by atoms with Gasteiger partial charge < -0.3 is 14.6 Å². The largest absolute Gasteiger partial charge is 0.464 e. The molecule has 0 aromatic rings. The molecular weight excluding hydrogens is 236 g/mol. The van der Waals surface area contributed by atoms with Crippen LogP contribution in [-0.2, 0) is 19.1 Å². The summed E-state index contributed by atoms with van der Waals surface area (Å²) in [7, 11) is 0. The third kappa shape index (κ3) is 6.39. The molecule has 0 saturated heterocycles. The smallest absolute Gasteiger partial charge is 0.339 e. The number of esters is 2. The van der Waals surface area contributed by atoms with Crippen molar-refractivity contribution in [2.75, 3.05) is 13.2 Å². The summed E-state index contributed by atoms with van der Waals surface area (Å²) in [6.45, 7) is 7.75. The molecule has 1 N–H and O–H groups in total. The lowest BCUT2D eigenvalue weighted by molar-refractivity contribution is -0.154. The van der Waals surface area contributed by atoms with E-state index in [1.807, 2.05) is 13.8 Å². The summed E-state index contributed by atoms with van der Waals surface area (Å²) in [5, 5.41) is 9.54. The third-order valence-corrected chi connectivity index (χ3v) is 2.29. The fourth-order valence-electron chi connectivity index (χ4n) is 1.05. The minimum Gasteiger partial charge on any atom is -0.464 e. The first-order valence-corrected chi connectivity index (χ1v) is 6.25. The van der Waals surface area contributed by atoms with Gasteiger partial charge in [0.25, 0.3) is 0 Å². The molecule has 0 radical (unpaired) electrons. The SMILES string of the molecule is C=C(C(=O)OCCCC)C(O)C(=O)OCCCC. The van der Waals surface area contributed by atoms with Gasteiger partial charge in [-0.15, -0.1) is 0 Å². The summed E-state index contributed by atoms with van der Waals surface area (Å²) < 4.78 is 9.62. The third-order valence-electron chi connectivity index (χ3n) is 2.29. The molecule has 0 aromatic heterocycles. The average molecular weight is 258 g/mol. The number of rotatable bonds is 9. The van der Waals surface area contributed by atoms with Crippen molar-refractivity contribution in [2.24, 2.45) is 0 Å². The Labute approximate surface area is 108 Å².